The lowest BCUT2D eigenvalue weighted by Crippen LogP contribution is -2.13. The highest BCUT2D eigenvalue weighted by Gasteiger charge is 2.09. The quantitative estimate of drug-likeness (QED) is 0.723. The second kappa shape index (κ2) is 7.79. The van der Waals surface area contributed by atoms with Crippen molar-refractivity contribution >= 4 is 35.5 Å². The maximum absolute atomic E-state index is 4.65. The molecular formula is C19H21ClN4. The molecule has 1 N–H and O–H groups in total. The average Bonchev–Trinajstić information content (AvgIpc) is 2.56. The second-order valence-electron chi connectivity index (χ2n) is 5.53. The highest BCUT2D eigenvalue weighted by molar-refractivity contribution is 5.85. The summed E-state index contributed by atoms with van der Waals surface area (Å²) in [4.78, 5) is 11.2. The molecule has 24 heavy (non-hydrogen) atoms. The lowest BCUT2D eigenvalue weighted by Gasteiger charge is -2.19. The molecule has 0 aliphatic rings. The number of nitrogens with one attached hydrogen (secondary N) is 1. The average molecular weight is 341 g/mol. The van der Waals surface area contributed by atoms with Crippen molar-refractivity contribution in [3.63, 3.8) is 0 Å². The van der Waals surface area contributed by atoms with Gasteiger partial charge in [-0.2, -0.15) is 4.98 Å². The van der Waals surface area contributed by atoms with Gasteiger partial charge in [0, 0.05) is 30.2 Å². The molecule has 0 aliphatic heterocycles. The number of para-hydroxylation sites is 2. The molecule has 0 radical (unpaired) electrons. The van der Waals surface area contributed by atoms with Gasteiger partial charge in [-0.05, 0) is 37.6 Å². The lowest BCUT2D eigenvalue weighted by atomic mass is 10.2. The topological polar surface area (TPSA) is 41.1 Å². The first-order chi connectivity index (χ1) is 11.1. The zero-order valence-corrected chi connectivity index (χ0v) is 14.8. The number of rotatable bonds is 4. The third-order valence-corrected chi connectivity index (χ3v) is 3.72. The summed E-state index contributed by atoms with van der Waals surface area (Å²) in [5.41, 5.74) is 4.20. The van der Waals surface area contributed by atoms with E-state index >= 15 is 0 Å². The minimum Gasteiger partial charge on any atom is -0.329 e. The molecule has 5 heteroatoms. The summed E-state index contributed by atoms with van der Waals surface area (Å²) >= 11 is 0. The fourth-order valence-corrected chi connectivity index (χ4v) is 2.40. The molecular weight excluding hydrogens is 320 g/mol. The van der Waals surface area contributed by atoms with Gasteiger partial charge in [0.2, 0.25) is 5.95 Å². The molecule has 0 fully saturated rings. The van der Waals surface area contributed by atoms with Crippen LogP contribution in [0.25, 0.3) is 0 Å². The van der Waals surface area contributed by atoms with Crippen molar-refractivity contribution in [2.75, 3.05) is 17.3 Å². The van der Waals surface area contributed by atoms with Gasteiger partial charge >= 0.3 is 0 Å². The SMILES string of the molecule is Cc1cc(N(C)c2ccccc2)nc(Nc2ccccc2C)n1.Cl. The van der Waals surface area contributed by atoms with E-state index in [0.29, 0.717) is 5.95 Å². The summed E-state index contributed by atoms with van der Waals surface area (Å²) in [6.45, 7) is 4.04. The zero-order chi connectivity index (χ0) is 16.2. The molecule has 3 aromatic rings. The minimum absolute atomic E-state index is 0. The summed E-state index contributed by atoms with van der Waals surface area (Å²) in [5, 5.41) is 3.31. The molecule has 1 heterocycles. The van der Waals surface area contributed by atoms with Crippen LogP contribution in [0.15, 0.2) is 60.7 Å². The summed E-state index contributed by atoms with van der Waals surface area (Å²) in [5.74, 6) is 1.47. The van der Waals surface area contributed by atoms with Gasteiger partial charge in [-0.25, -0.2) is 4.98 Å². The number of benzene rings is 2. The number of anilines is 4. The van der Waals surface area contributed by atoms with Gasteiger partial charge in [0.1, 0.15) is 5.82 Å². The van der Waals surface area contributed by atoms with E-state index in [1.54, 1.807) is 0 Å². The maximum atomic E-state index is 4.65. The van der Waals surface area contributed by atoms with Gasteiger partial charge in [0.05, 0.1) is 0 Å². The second-order valence-corrected chi connectivity index (χ2v) is 5.53. The highest BCUT2D eigenvalue weighted by Crippen LogP contribution is 2.24. The summed E-state index contributed by atoms with van der Waals surface area (Å²) in [6.07, 6.45) is 0. The van der Waals surface area contributed by atoms with E-state index in [-0.39, 0.29) is 12.4 Å². The van der Waals surface area contributed by atoms with Gasteiger partial charge in [0.15, 0.2) is 0 Å². The van der Waals surface area contributed by atoms with Crippen LogP contribution in [0.3, 0.4) is 0 Å². The highest BCUT2D eigenvalue weighted by atomic mass is 35.5. The van der Waals surface area contributed by atoms with Crippen LogP contribution in [0.2, 0.25) is 0 Å². The number of hydrogen-bond acceptors (Lipinski definition) is 4. The molecule has 0 aliphatic carbocycles. The van der Waals surface area contributed by atoms with Crippen LogP contribution in [-0.4, -0.2) is 17.0 Å². The van der Waals surface area contributed by atoms with Crippen LogP contribution in [0, 0.1) is 13.8 Å². The Hall–Kier alpha value is -2.59. The molecule has 0 saturated heterocycles. The zero-order valence-electron chi connectivity index (χ0n) is 14.0. The molecule has 0 amide bonds. The van der Waals surface area contributed by atoms with Gasteiger partial charge in [0.25, 0.3) is 0 Å². The largest absolute Gasteiger partial charge is 0.329 e. The predicted octanol–water partition coefficient (Wildman–Crippen LogP) is 5.03. The minimum atomic E-state index is 0. The number of nitrogens with zero attached hydrogens (tertiary/aromatic N) is 3. The van der Waals surface area contributed by atoms with Crippen molar-refractivity contribution in [3.05, 3.63) is 71.9 Å². The molecule has 2 aromatic carbocycles. The van der Waals surface area contributed by atoms with Crippen molar-refractivity contribution < 1.29 is 0 Å². The van der Waals surface area contributed by atoms with Crippen LogP contribution in [0.1, 0.15) is 11.3 Å². The fourth-order valence-electron chi connectivity index (χ4n) is 2.40. The van der Waals surface area contributed by atoms with Gasteiger partial charge in [-0.3, -0.25) is 0 Å². The monoisotopic (exact) mass is 340 g/mol. The van der Waals surface area contributed by atoms with Crippen LogP contribution < -0.4 is 10.2 Å². The molecule has 0 atom stereocenters. The third kappa shape index (κ3) is 4.03. The van der Waals surface area contributed by atoms with E-state index in [2.05, 4.69) is 45.3 Å². The van der Waals surface area contributed by atoms with Crippen molar-refractivity contribution in [2.45, 2.75) is 13.8 Å². The van der Waals surface area contributed by atoms with E-state index < -0.39 is 0 Å². The normalized spacial score (nSPS) is 9.96. The van der Waals surface area contributed by atoms with Gasteiger partial charge < -0.3 is 10.2 Å². The lowest BCUT2D eigenvalue weighted by molar-refractivity contribution is 1.05. The van der Waals surface area contributed by atoms with E-state index in [4.69, 9.17) is 0 Å². The Morgan fingerprint density at radius 2 is 1.54 bits per heavy atom. The first-order valence-electron chi connectivity index (χ1n) is 7.60. The first kappa shape index (κ1) is 17.8. The van der Waals surface area contributed by atoms with Gasteiger partial charge in [-0.1, -0.05) is 36.4 Å². The van der Waals surface area contributed by atoms with Crippen LogP contribution in [0.4, 0.5) is 23.1 Å². The summed E-state index contributed by atoms with van der Waals surface area (Å²) in [7, 11) is 2.01. The van der Waals surface area contributed by atoms with Crippen molar-refractivity contribution in [2.24, 2.45) is 0 Å². The third-order valence-electron chi connectivity index (χ3n) is 3.72. The van der Waals surface area contributed by atoms with Crippen molar-refractivity contribution in [1.82, 2.24) is 9.97 Å². The molecule has 0 spiro atoms. The molecule has 0 bridgehead atoms. The predicted molar refractivity (Wildman–Crippen MR) is 103 cm³/mol. The molecule has 3 rings (SSSR count). The van der Waals surface area contributed by atoms with E-state index in [1.807, 2.05) is 56.4 Å². The Labute approximate surface area is 149 Å². The Morgan fingerprint density at radius 3 is 2.25 bits per heavy atom. The van der Waals surface area contributed by atoms with E-state index in [1.165, 1.54) is 0 Å². The maximum Gasteiger partial charge on any atom is 0.229 e. The van der Waals surface area contributed by atoms with E-state index in [0.717, 1.165) is 28.5 Å². The molecule has 0 unspecified atom stereocenters. The summed E-state index contributed by atoms with van der Waals surface area (Å²) in [6, 6.07) is 20.3. The Kier molecular flexibility index (Phi) is 5.77. The number of halogens is 1. The van der Waals surface area contributed by atoms with Crippen molar-refractivity contribution in [3.8, 4) is 0 Å². The first-order valence-corrected chi connectivity index (χ1v) is 7.60. The van der Waals surface area contributed by atoms with Crippen LogP contribution >= 0.6 is 12.4 Å². The van der Waals surface area contributed by atoms with Crippen LogP contribution in [0.5, 0.6) is 0 Å². The smallest absolute Gasteiger partial charge is 0.229 e. The number of aryl methyl sites for hydroxylation is 2. The van der Waals surface area contributed by atoms with Crippen molar-refractivity contribution in [1.29, 1.82) is 0 Å². The fraction of sp³-hybridized carbons (Fsp3) is 0.158. The Bertz CT molecular complexity index is 805. The Morgan fingerprint density at radius 1 is 0.875 bits per heavy atom. The van der Waals surface area contributed by atoms with E-state index in [9.17, 15) is 0 Å². The number of hydrogen-bond donors (Lipinski definition) is 1. The standard InChI is InChI=1S/C19H20N4.ClH/c1-14-9-7-8-12-17(14)21-19-20-15(2)13-18(22-19)23(3)16-10-5-4-6-11-16;/h4-13H,1-3H3,(H,20,21,22);1H. The molecule has 1 aromatic heterocycles. The molecule has 4 nitrogen and oxygen atoms in total. The summed E-state index contributed by atoms with van der Waals surface area (Å²) < 4.78 is 0. The molecule has 124 valence electrons. The number of aromatic nitrogens is 2. The Balaban J connectivity index is 0.00000208. The van der Waals surface area contributed by atoms with Crippen LogP contribution in [-0.2, 0) is 0 Å². The van der Waals surface area contributed by atoms with Gasteiger partial charge in [-0.15, -0.1) is 12.4 Å². The molecule has 0 saturated carbocycles.